The molecule has 3 fully saturated rings. The number of rotatable bonds is 5. The van der Waals surface area contributed by atoms with Crippen molar-refractivity contribution in [2.45, 2.75) is 38.0 Å². The van der Waals surface area contributed by atoms with Gasteiger partial charge in [0.1, 0.15) is 23.4 Å². The van der Waals surface area contributed by atoms with E-state index >= 15 is 0 Å². The van der Waals surface area contributed by atoms with Crippen LogP contribution in [0.2, 0.25) is 0 Å². The zero-order valence-electron chi connectivity index (χ0n) is 14.9. The van der Waals surface area contributed by atoms with Crippen LogP contribution in [0.4, 0.5) is 17.3 Å². The highest BCUT2D eigenvalue weighted by Crippen LogP contribution is 2.52. The van der Waals surface area contributed by atoms with Crippen LogP contribution in [0, 0.1) is 22.7 Å². The van der Waals surface area contributed by atoms with Crippen LogP contribution in [0.3, 0.4) is 0 Å². The minimum absolute atomic E-state index is 0.0669. The van der Waals surface area contributed by atoms with Crippen molar-refractivity contribution in [2.24, 2.45) is 11.3 Å². The van der Waals surface area contributed by atoms with Crippen molar-refractivity contribution in [1.29, 1.82) is 5.26 Å². The Balaban J connectivity index is 1.37. The molecule has 2 saturated carbocycles. The van der Waals surface area contributed by atoms with E-state index < -0.39 is 5.41 Å². The fraction of sp³-hybridized carbons (Fsp3) is 0.450. The standard InChI is InChI=1S/C20H20N6O/c21-11-20(14-3-4-14)6-8-26(19(20)27)15-5-7-22-17(9-15)25-18-10-16(13-1-2-13)23-12-24-18/h5,7,9-10,12-14H,1-4,6,8H2,(H,22,23,24,25)/t20-/m1/s1. The fourth-order valence-corrected chi connectivity index (χ4v) is 3.96. The molecule has 2 aliphatic carbocycles. The Hall–Kier alpha value is -3.01. The molecule has 2 aromatic heterocycles. The number of anilines is 3. The van der Waals surface area contributed by atoms with Crippen LogP contribution < -0.4 is 10.2 Å². The number of carbonyl (C=O) groups excluding carboxylic acids is 1. The molecule has 0 aromatic carbocycles. The molecule has 1 aliphatic heterocycles. The molecule has 0 bridgehead atoms. The van der Waals surface area contributed by atoms with E-state index in [9.17, 15) is 10.1 Å². The molecule has 3 heterocycles. The van der Waals surface area contributed by atoms with Crippen LogP contribution in [0.25, 0.3) is 0 Å². The smallest absolute Gasteiger partial charge is 0.247 e. The van der Waals surface area contributed by atoms with Gasteiger partial charge in [-0.15, -0.1) is 0 Å². The van der Waals surface area contributed by atoms with E-state index in [-0.39, 0.29) is 11.8 Å². The molecule has 1 amide bonds. The van der Waals surface area contributed by atoms with Gasteiger partial charge >= 0.3 is 0 Å². The fourth-order valence-electron chi connectivity index (χ4n) is 3.96. The molecule has 3 aliphatic rings. The van der Waals surface area contributed by atoms with Crippen molar-refractivity contribution >= 4 is 23.2 Å². The van der Waals surface area contributed by atoms with Crippen LogP contribution in [0.1, 0.15) is 43.7 Å². The van der Waals surface area contributed by atoms with Gasteiger partial charge in [-0.3, -0.25) is 4.79 Å². The molecule has 1 N–H and O–H groups in total. The van der Waals surface area contributed by atoms with Gasteiger partial charge in [-0.2, -0.15) is 5.26 Å². The summed E-state index contributed by atoms with van der Waals surface area (Å²) in [4.78, 5) is 27.7. The van der Waals surface area contributed by atoms with Gasteiger partial charge in [-0.1, -0.05) is 0 Å². The average molecular weight is 360 g/mol. The summed E-state index contributed by atoms with van der Waals surface area (Å²) in [5, 5.41) is 12.9. The Morgan fingerprint density at radius 2 is 1.96 bits per heavy atom. The van der Waals surface area contributed by atoms with E-state index in [0.29, 0.717) is 30.5 Å². The third-order valence-electron chi connectivity index (χ3n) is 5.83. The Morgan fingerprint density at radius 3 is 2.70 bits per heavy atom. The summed E-state index contributed by atoms with van der Waals surface area (Å²) in [5.41, 5.74) is 0.997. The minimum Gasteiger partial charge on any atom is -0.325 e. The van der Waals surface area contributed by atoms with E-state index in [2.05, 4.69) is 26.3 Å². The van der Waals surface area contributed by atoms with Gasteiger partial charge in [0.15, 0.2) is 0 Å². The lowest BCUT2D eigenvalue weighted by molar-refractivity contribution is -0.123. The maximum atomic E-state index is 13.0. The normalized spacial score (nSPS) is 24.7. The second kappa shape index (κ2) is 6.02. The number of pyridine rings is 1. The number of nitrogens with zero attached hydrogens (tertiary/aromatic N) is 5. The van der Waals surface area contributed by atoms with Gasteiger partial charge in [0, 0.05) is 42.2 Å². The molecule has 7 nitrogen and oxygen atoms in total. The number of aromatic nitrogens is 3. The predicted octanol–water partition coefficient (Wildman–Crippen LogP) is 3.15. The molecule has 2 aromatic rings. The van der Waals surface area contributed by atoms with E-state index in [1.165, 1.54) is 12.8 Å². The highest BCUT2D eigenvalue weighted by Gasteiger charge is 2.56. The molecule has 0 unspecified atom stereocenters. The highest BCUT2D eigenvalue weighted by molar-refractivity contribution is 6.02. The Morgan fingerprint density at radius 1 is 1.15 bits per heavy atom. The summed E-state index contributed by atoms with van der Waals surface area (Å²) in [5.74, 6) is 2.04. The maximum absolute atomic E-state index is 13.0. The lowest BCUT2D eigenvalue weighted by atomic mass is 9.83. The quantitative estimate of drug-likeness (QED) is 0.880. The number of hydrogen-bond donors (Lipinski definition) is 1. The number of carbonyl (C=O) groups is 1. The summed E-state index contributed by atoms with van der Waals surface area (Å²) in [6.45, 7) is 0.575. The monoisotopic (exact) mass is 360 g/mol. The zero-order valence-corrected chi connectivity index (χ0v) is 14.9. The van der Waals surface area contributed by atoms with E-state index in [1.807, 2.05) is 18.2 Å². The van der Waals surface area contributed by atoms with Gasteiger partial charge < -0.3 is 10.2 Å². The topological polar surface area (TPSA) is 94.8 Å². The van der Waals surface area contributed by atoms with Crippen molar-refractivity contribution < 1.29 is 4.79 Å². The lowest BCUT2D eigenvalue weighted by Crippen LogP contribution is -2.35. The molecular weight excluding hydrogens is 340 g/mol. The van der Waals surface area contributed by atoms with Crippen LogP contribution in [-0.2, 0) is 4.79 Å². The largest absolute Gasteiger partial charge is 0.325 e. The predicted molar refractivity (Wildman–Crippen MR) is 99.3 cm³/mol. The summed E-state index contributed by atoms with van der Waals surface area (Å²) in [6, 6.07) is 7.95. The summed E-state index contributed by atoms with van der Waals surface area (Å²) < 4.78 is 0. The van der Waals surface area contributed by atoms with Gasteiger partial charge in [0.05, 0.1) is 6.07 Å². The van der Waals surface area contributed by atoms with E-state index in [1.54, 1.807) is 17.4 Å². The first-order chi connectivity index (χ1) is 13.2. The maximum Gasteiger partial charge on any atom is 0.247 e. The first-order valence-electron chi connectivity index (χ1n) is 9.48. The van der Waals surface area contributed by atoms with Crippen molar-refractivity contribution in [1.82, 2.24) is 15.0 Å². The molecule has 0 radical (unpaired) electrons. The number of hydrogen-bond acceptors (Lipinski definition) is 6. The summed E-state index contributed by atoms with van der Waals surface area (Å²) >= 11 is 0. The number of nitriles is 1. The second-order valence-electron chi connectivity index (χ2n) is 7.69. The van der Waals surface area contributed by atoms with E-state index in [0.717, 1.165) is 24.2 Å². The molecule has 1 saturated heterocycles. The minimum atomic E-state index is -0.831. The van der Waals surface area contributed by atoms with Crippen molar-refractivity contribution in [2.75, 3.05) is 16.8 Å². The Kier molecular flexibility index (Phi) is 3.61. The van der Waals surface area contributed by atoms with Crippen molar-refractivity contribution in [3.8, 4) is 6.07 Å². The van der Waals surface area contributed by atoms with Gasteiger partial charge in [0.25, 0.3) is 0 Å². The SMILES string of the molecule is N#C[C@@]1(C2CC2)CCN(c2ccnc(Nc3cc(C4CC4)ncn3)c2)C1=O. The molecule has 0 spiro atoms. The zero-order chi connectivity index (χ0) is 18.4. The highest BCUT2D eigenvalue weighted by atomic mass is 16.2. The third kappa shape index (κ3) is 2.81. The third-order valence-corrected chi connectivity index (χ3v) is 5.83. The molecule has 7 heteroatoms. The van der Waals surface area contributed by atoms with Crippen LogP contribution in [0.15, 0.2) is 30.7 Å². The van der Waals surface area contributed by atoms with Gasteiger partial charge in [0.2, 0.25) is 5.91 Å². The summed E-state index contributed by atoms with van der Waals surface area (Å²) in [7, 11) is 0. The molecule has 5 rings (SSSR count). The van der Waals surface area contributed by atoms with E-state index in [4.69, 9.17) is 0 Å². The Bertz CT molecular complexity index is 945. The molecule has 1 atom stereocenters. The number of amides is 1. The van der Waals surface area contributed by atoms with Crippen LogP contribution in [0.5, 0.6) is 0 Å². The summed E-state index contributed by atoms with van der Waals surface area (Å²) in [6.07, 6.45) is 8.18. The van der Waals surface area contributed by atoms with Gasteiger partial charge in [-0.25, -0.2) is 15.0 Å². The number of nitrogens with one attached hydrogen (secondary N) is 1. The lowest BCUT2D eigenvalue weighted by Gasteiger charge is -2.21. The van der Waals surface area contributed by atoms with Crippen LogP contribution in [-0.4, -0.2) is 27.4 Å². The molecule has 136 valence electrons. The molecule has 27 heavy (non-hydrogen) atoms. The average Bonchev–Trinajstić information content (AvgIpc) is 3.60. The Labute approximate surface area is 157 Å². The first kappa shape index (κ1) is 16.2. The van der Waals surface area contributed by atoms with Crippen LogP contribution >= 0.6 is 0 Å². The second-order valence-corrected chi connectivity index (χ2v) is 7.69. The molecular formula is C20H20N6O. The van der Waals surface area contributed by atoms with Gasteiger partial charge in [-0.05, 0) is 44.1 Å². The van der Waals surface area contributed by atoms with Crippen molar-refractivity contribution in [3.05, 3.63) is 36.4 Å². The first-order valence-corrected chi connectivity index (χ1v) is 9.48. The van der Waals surface area contributed by atoms with Crippen molar-refractivity contribution in [3.63, 3.8) is 0 Å².